The van der Waals surface area contributed by atoms with Crippen molar-refractivity contribution >= 4 is 32.6 Å². The smallest absolute Gasteiger partial charge is 0.296 e. The lowest BCUT2D eigenvalue weighted by molar-refractivity contribution is 0.0972. The van der Waals surface area contributed by atoms with Crippen LogP contribution in [0.3, 0.4) is 0 Å². The Balaban J connectivity index is 1.81. The van der Waals surface area contributed by atoms with Gasteiger partial charge in [0.1, 0.15) is 0 Å². The van der Waals surface area contributed by atoms with Gasteiger partial charge >= 0.3 is 0 Å². The number of carbonyl (C=O) groups is 1. The summed E-state index contributed by atoms with van der Waals surface area (Å²) in [6.07, 6.45) is 5.11. The van der Waals surface area contributed by atoms with E-state index in [9.17, 15) is 4.79 Å². The van der Waals surface area contributed by atoms with Gasteiger partial charge in [-0.2, -0.15) is 0 Å². The predicted octanol–water partition coefficient (Wildman–Crippen LogP) is 3.89. The highest BCUT2D eigenvalue weighted by molar-refractivity contribution is 7.22. The van der Waals surface area contributed by atoms with Gasteiger partial charge in [-0.1, -0.05) is 23.5 Å². The minimum absolute atomic E-state index is 0.193. The molecule has 27 heavy (non-hydrogen) atoms. The number of anilines is 1. The molecule has 0 aliphatic heterocycles. The van der Waals surface area contributed by atoms with E-state index in [0.29, 0.717) is 17.5 Å². The molecule has 3 heterocycles. The molecule has 136 valence electrons. The van der Waals surface area contributed by atoms with Crippen molar-refractivity contribution in [3.05, 3.63) is 71.6 Å². The molecular formula is C20H19N5OS. The van der Waals surface area contributed by atoms with Gasteiger partial charge in [0.05, 0.1) is 22.5 Å². The lowest BCUT2D eigenvalue weighted by atomic mass is 10.1. The van der Waals surface area contributed by atoms with Gasteiger partial charge < -0.3 is 4.57 Å². The highest BCUT2D eigenvalue weighted by atomic mass is 32.1. The number of fused-ring (bicyclic) bond motifs is 1. The third kappa shape index (κ3) is 3.33. The number of thiazole rings is 1. The summed E-state index contributed by atoms with van der Waals surface area (Å²) < 4.78 is 2.79. The minimum atomic E-state index is -0.193. The Hall–Kier alpha value is -3.06. The second-order valence-electron chi connectivity index (χ2n) is 6.50. The number of amides is 1. The molecule has 0 saturated carbocycles. The molecule has 6 nitrogen and oxygen atoms in total. The average Bonchev–Trinajstić information content (AvgIpc) is 3.26. The van der Waals surface area contributed by atoms with Crippen LogP contribution in [0.25, 0.3) is 10.2 Å². The maximum Gasteiger partial charge on any atom is 0.296 e. The van der Waals surface area contributed by atoms with E-state index in [1.54, 1.807) is 28.1 Å². The number of imidazole rings is 1. The number of hydrogen-bond donors (Lipinski definition) is 0. The molecule has 0 atom stereocenters. The maximum absolute atomic E-state index is 13.2. The largest absolute Gasteiger partial charge is 0.330 e. The van der Waals surface area contributed by atoms with Crippen molar-refractivity contribution in [3.63, 3.8) is 0 Å². The molecule has 0 saturated heterocycles. The summed E-state index contributed by atoms with van der Waals surface area (Å²) in [4.78, 5) is 28.3. The summed E-state index contributed by atoms with van der Waals surface area (Å²) in [6.45, 7) is 4.45. The number of benzene rings is 1. The predicted molar refractivity (Wildman–Crippen MR) is 107 cm³/mol. The fraction of sp³-hybridized carbons (Fsp3) is 0.200. The minimum Gasteiger partial charge on any atom is -0.330 e. The van der Waals surface area contributed by atoms with Gasteiger partial charge in [0, 0.05) is 25.6 Å². The fourth-order valence-corrected chi connectivity index (χ4v) is 4.19. The van der Waals surface area contributed by atoms with E-state index in [4.69, 9.17) is 4.98 Å². The third-order valence-electron chi connectivity index (χ3n) is 4.35. The number of pyridine rings is 1. The van der Waals surface area contributed by atoms with Gasteiger partial charge in [-0.25, -0.2) is 9.97 Å². The molecule has 1 amide bonds. The van der Waals surface area contributed by atoms with E-state index in [-0.39, 0.29) is 5.91 Å². The molecule has 0 spiro atoms. The van der Waals surface area contributed by atoms with Gasteiger partial charge in [-0.05, 0) is 43.2 Å². The quantitative estimate of drug-likeness (QED) is 0.541. The van der Waals surface area contributed by atoms with Crippen molar-refractivity contribution in [2.24, 2.45) is 7.05 Å². The van der Waals surface area contributed by atoms with Gasteiger partial charge in [0.25, 0.3) is 5.91 Å². The summed E-state index contributed by atoms with van der Waals surface area (Å²) in [6, 6.07) is 9.89. The van der Waals surface area contributed by atoms with Crippen LogP contribution in [-0.2, 0) is 13.6 Å². The van der Waals surface area contributed by atoms with Crippen molar-refractivity contribution in [1.82, 2.24) is 19.5 Å². The molecule has 0 aliphatic rings. The molecule has 0 N–H and O–H groups in total. The summed E-state index contributed by atoms with van der Waals surface area (Å²) >= 11 is 1.51. The molecule has 0 fully saturated rings. The Morgan fingerprint density at radius 1 is 1.19 bits per heavy atom. The van der Waals surface area contributed by atoms with E-state index in [0.717, 1.165) is 21.5 Å². The van der Waals surface area contributed by atoms with E-state index in [1.807, 2.05) is 32.2 Å². The van der Waals surface area contributed by atoms with Gasteiger partial charge in [0.2, 0.25) is 0 Å². The van der Waals surface area contributed by atoms with E-state index in [1.165, 1.54) is 16.9 Å². The molecule has 0 bridgehead atoms. The lowest BCUT2D eigenvalue weighted by Gasteiger charge is -2.19. The second-order valence-corrected chi connectivity index (χ2v) is 7.51. The maximum atomic E-state index is 13.2. The molecule has 0 aliphatic carbocycles. The summed E-state index contributed by atoms with van der Waals surface area (Å²) in [5, 5.41) is 0.650. The molecule has 0 radical (unpaired) electrons. The molecule has 1 aromatic carbocycles. The Kier molecular flexibility index (Phi) is 4.45. The Bertz CT molecular complexity index is 1120. The van der Waals surface area contributed by atoms with Gasteiger partial charge in [-0.3, -0.25) is 14.7 Å². The topological polar surface area (TPSA) is 63.9 Å². The van der Waals surface area contributed by atoms with Crippen LogP contribution in [0.1, 0.15) is 27.4 Å². The first-order chi connectivity index (χ1) is 13.0. The second kappa shape index (κ2) is 6.92. The molecule has 4 aromatic rings. The average molecular weight is 377 g/mol. The van der Waals surface area contributed by atoms with Crippen LogP contribution < -0.4 is 4.90 Å². The first-order valence-electron chi connectivity index (χ1n) is 8.60. The number of rotatable bonds is 4. The normalized spacial score (nSPS) is 11.1. The third-order valence-corrected chi connectivity index (χ3v) is 5.38. The van der Waals surface area contributed by atoms with Gasteiger partial charge in [-0.15, -0.1) is 0 Å². The lowest BCUT2D eigenvalue weighted by Crippen LogP contribution is -2.32. The Labute approximate surface area is 161 Å². The number of nitrogens with zero attached hydrogens (tertiary/aromatic N) is 5. The standard InChI is InChI=1S/C20H19N5OS/c1-13-10-14(2)17-16(11-13)27-20(23-17)25(12-15-6-4-5-7-21-15)19(26)18-22-8-9-24(18)3/h4-11H,12H2,1-3H3. The summed E-state index contributed by atoms with van der Waals surface area (Å²) in [5.41, 5.74) is 4.02. The number of hydrogen-bond acceptors (Lipinski definition) is 5. The zero-order valence-corrected chi connectivity index (χ0v) is 16.2. The van der Waals surface area contributed by atoms with E-state index < -0.39 is 0 Å². The summed E-state index contributed by atoms with van der Waals surface area (Å²) in [7, 11) is 1.81. The molecule has 4 rings (SSSR count). The molecule has 3 aromatic heterocycles. The number of aromatic nitrogens is 4. The zero-order chi connectivity index (χ0) is 19.0. The van der Waals surface area contributed by atoms with Crippen LogP contribution >= 0.6 is 11.3 Å². The van der Waals surface area contributed by atoms with Crippen molar-refractivity contribution in [2.45, 2.75) is 20.4 Å². The fourth-order valence-electron chi connectivity index (χ4n) is 3.05. The molecule has 7 heteroatoms. The molecule has 0 unspecified atom stereocenters. The Morgan fingerprint density at radius 2 is 2.04 bits per heavy atom. The van der Waals surface area contributed by atoms with Crippen molar-refractivity contribution in [1.29, 1.82) is 0 Å². The van der Waals surface area contributed by atoms with Crippen molar-refractivity contribution in [3.8, 4) is 0 Å². The highest BCUT2D eigenvalue weighted by Gasteiger charge is 2.25. The monoisotopic (exact) mass is 377 g/mol. The van der Waals surface area contributed by atoms with Crippen LogP contribution in [0.2, 0.25) is 0 Å². The Morgan fingerprint density at radius 3 is 2.74 bits per heavy atom. The molecular weight excluding hydrogens is 358 g/mol. The SMILES string of the molecule is Cc1cc(C)c2nc(N(Cc3ccccn3)C(=O)c3nccn3C)sc2c1. The van der Waals surface area contributed by atoms with Crippen LogP contribution in [0, 0.1) is 13.8 Å². The number of aryl methyl sites for hydroxylation is 3. The van der Waals surface area contributed by atoms with Gasteiger partial charge in [0.15, 0.2) is 11.0 Å². The number of carbonyl (C=O) groups excluding carboxylic acids is 1. The zero-order valence-electron chi connectivity index (χ0n) is 15.4. The van der Waals surface area contributed by atoms with Crippen LogP contribution in [-0.4, -0.2) is 25.4 Å². The van der Waals surface area contributed by atoms with Crippen LogP contribution in [0.5, 0.6) is 0 Å². The van der Waals surface area contributed by atoms with Crippen LogP contribution in [0.4, 0.5) is 5.13 Å². The first kappa shape index (κ1) is 17.4. The van der Waals surface area contributed by atoms with Crippen LogP contribution in [0.15, 0.2) is 48.9 Å². The highest BCUT2D eigenvalue weighted by Crippen LogP contribution is 2.33. The van der Waals surface area contributed by atoms with Crippen molar-refractivity contribution < 1.29 is 4.79 Å². The first-order valence-corrected chi connectivity index (χ1v) is 9.41. The summed E-state index contributed by atoms with van der Waals surface area (Å²) in [5.74, 6) is 0.180. The van der Waals surface area contributed by atoms with Crippen molar-refractivity contribution in [2.75, 3.05) is 4.90 Å². The van der Waals surface area contributed by atoms with E-state index >= 15 is 0 Å². The van der Waals surface area contributed by atoms with E-state index in [2.05, 4.69) is 29.0 Å².